The van der Waals surface area contributed by atoms with Crippen LogP contribution in [0.15, 0.2) is 121 Å². The Balaban J connectivity index is 0.000000315. The molecule has 0 saturated carbocycles. The second-order valence-electron chi connectivity index (χ2n) is 27.2. The lowest BCUT2D eigenvalue weighted by Crippen LogP contribution is -2.90. The molecule has 0 spiro atoms. The number of urea groups is 2. The highest BCUT2D eigenvalue weighted by molar-refractivity contribution is 9.08. The largest absolute Gasteiger partial charge is 0.465 e. The van der Waals surface area contributed by atoms with E-state index in [0.717, 1.165) is 11.1 Å². The number of carbonyl (C=O) groups is 8. The summed E-state index contributed by atoms with van der Waals surface area (Å²) in [5, 5.41) is 53.7. The molecule has 2 fully saturated rings. The van der Waals surface area contributed by atoms with Crippen LogP contribution < -0.4 is 27.0 Å². The number of amides is 7. The highest BCUT2D eigenvalue weighted by Gasteiger charge is 2.56. The Kier molecular flexibility index (Phi) is 38.7. The summed E-state index contributed by atoms with van der Waals surface area (Å²) in [6, 6.07) is 36.1. The van der Waals surface area contributed by atoms with Gasteiger partial charge in [-0.25, -0.2) is 32.8 Å². The van der Waals surface area contributed by atoms with Crippen molar-refractivity contribution in [3.63, 3.8) is 0 Å². The average molecular weight is 1570 g/mol. The molecule has 118 heavy (non-hydrogen) atoms. The number of nitriles is 4. The van der Waals surface area contributed by atoms with Gasteiger partial charge in [0.05, 0.1) is 90.6 Å². The molecule has 0 aromatic heterocycles. The number of nitrogens with zero attached hydrogens (tertiary/aromatic N) is 5. The highest BCUT2D eigenvalue weighted by Crippen LogP contribution is 2.33. The van der Waals surface area contributed by atoms with E-state index >= 15 is 0 Å². The molecular formula is C58H47B35BrF2N10O12. The van der Waals surface area contributed by atoms with Gasteiger partial charge < -0.3 is 40.6 Å². The van der Waals surface area contributed by atoms with Crippen LogP contribution in [-0.4, -0.2) is 333 Å². The van der Waals surface area contributed by atoms with E-state index in [1.807, 2.05) is 24.3 Å². The second-order valence-corrected chi connectivity index (χ2v) is 27.8. The van der Waals surface area contributed by atoms with E-state index in [2.05, 4.69) is 46.7 Å². The summed E-state index contributed by atoms with van der Waals surface area (Å²) in [4.78, 5) is 94.7. The Hall–Kier alpha value is -8.43. The Morgan fingerprint density at radius 3 is 1.26 bits per heavy atom. The number of hydrogen-bond donors (Lipinski definition) is 6. The summed E-state index contributed by atoms with van der Waals surface area (Å²) in [6.45, 7) is 0.00122. The van der Waals surface area contributed by atoms with E-state index in [0.29, 0.717) is 73.1 Å². The zero-order valence-corrected chi connectivity index (χ0v) is 65.5. The number of halogens is 3. The first-order valence-electron chi connectivity index (χ1n) is 36.5. The summed E-state index contributed by atoms with van der Waals surface area (Å²) in [5.41, 5.74) is 9.93. The number of benzene rings is 6. The van der Waals surface area contributed by atoms with Gasteiger partial charge in [0.25, 0.3) is 17.7 Å². The summed E-state index contributed by atoms with van der Waals surface area (Å²) >= 11 is 3.25. The first-order valence-corrected chi connectivity index (χ1v) is 36.6. The van der Waals surface area contributed by atoms with Crippen molar-refractivity contribution in [1.82, 2.24) is 26.2 Å². The predicted molar refractivity (Wildman–Crippen MR) is 492 cm³/mol. The zero-order chi connectivity index (χ0) is 90.5. The highest BCUT2D eigenvalue weighted by atomic mass is 79.9. The lowest BCUT2D eigenvalue weighted by atomic mass is 8.29. The smallest absolute Gasteiger partial charge is 0.338 e. The first-order chi connectivity index (χ1) is 56.7. The average Bonchev–Trinajstić information content (AvgIpc) is 0.955. The van der Waals surface area contributed by atoms with E-state index in [-0.39, 0.29) is 49.7 Å². The van der Waals surface area contributed by atoms with Crippen molar-refractivity contribution < 1.29 is 69.4 Å². The van der Waals surface area contributed by atoms with Crippen LogP contribution in [0.2, 0.25) is 0 Å². The van der Waals surface area contributed by atoms with Gasteiger partial charge in [-0.05, 0) is 125 Å². The Bertz CT molecular complexity index is 4650. The molecule has 6 aromatic carbocycles. The van der Waals surface area contributed by atoms with E-state index in [1.54, 1.807) is 54.6 Å². The molecule has 60 heteroatoms. The minimum atomic E-state index is -1.51. The fourth-order valence-corrected chi connectivity index (χ4v) is 14.6. The molecule has 2 saturated heterocycles. The van der Waals surface area contributed by atoms with Crippen molar-refractivity contribution in [2.24, 2.45) is 5.73 Å². The SMILES string of the molecule is COC(=O)c1ccc(C#N)cc1CBr.COC(=O)c1ccc(C#N)cc1CO.N#Cc1ccc2c(c1)CN(CC1(c3ccc(F)cc3)NC(=O)NC1=O)C2=O.N#Cc1ccc2c(c1)COC2=O.NCC1(c2ccc(F)cc2)NC(=O)NC1=O.[2H][2H].[B][B]B([B])B(B(B([B])[B])B([B])[B])B(B(B([B])[B])B([B])[B])B(B(B([B])[B])B([B])[B])B(B([B])[B])B([B])[B]. The van der Waals surface area contributed by atoms with Gasteiger partial charge in [-0.3, -0.25) is 25.0 Å². The van der Waals surface area contributed by atoms with Crippen LogP contribution in [0.5, 0.6) is 0 Å². The maximum atomic E-state index is 13.3. The molecule has 4 heterocycles. The minimum absolute atomic E-state index is 0.0871. The zero-order valence-electron chi connectivity index (χ0n) is 65.9. The summed E-state index contributed by atoms with van der Waals surface area (Å²) < 4.78 is 50.0. The van der Waals surface area contributed by atoms with Gasteiger partial charge in [0, 0.05) is 281 Å². The standard InChI is InChI=1S/C19H13FN4O3.C10H8BrNO2.C10H10FN3O2.C10H9NO3.C9H5NO2.B35.H2/c20-14-4-2-13(3-5-14)19(17(26)22-18(27)23-19)10-24-9-12-7-11(8-21)1-6-15(12)16(24)25;1-14-10(13)9-3-2-7(6-12)4-8(9)5-11;11-7-3-1-6(2-4-7)10(5-12)8(15)13-9(16)14-10;1-14-10(13)9-3-2-7(5-11)4-8(9)6-12;10-4-6-1-2-8-7(3-6)5-12-9(8)11;1-19-28(18)33(29(20(2)3)21(4)5)35(32(26(14)15)27(16)17)34(30(22(6)7)23(8)9)31(24(10)11)25(12)13;/h1-7H,9-10H2,(H2,22,23,26,27);2-4H,5H2,1H3;1-4H,5,12H2,(H2,13,14,15,16);2-4,12H,6H2,1H3;1-3H,5H2;;1H/i;;;;;;1+1D. The molecule has 4 aliphatic rings. The van der Waals surface area contributed by atoms with Gasteiger partial charge in [-0.2, -0.15) is 21.0 Å². The van der Waals surface area contributed by atoms with E-state index in [1.165, 1.54) is 92.9 Å². The number of methoxy groups -OCH3 is 2. The van der Waals surface area contributed by atoms with Crippen LogP contribution in [0.25, 0.3) is 0 Å². The van der Waals surface area contributed by atoms with E-state index in [9.17, 15) is 47.1 Å². The summed E-state index contributed by atoms with van der Waals surface area (Å²) in [5.74, 6) is -3.53. The first kappa shape index (κ1) is 98.4. The van der Waals surface area contributed by atoms with Crippen molar-refractivity contribution in [2.45, 2.75) is 36.2 Å². The molecule has 0 aliphatic carbocycles. The lowest BCUT2D eigenvalue weighted by molar-refractivity contribution is -0.125. The molecule has 4 aliphatic heterocycles. The van der Waals surface area contributed by atoms with Gasteiger partial charge in [0.2, 0.25) is 0 Å². The van der Waals surface area contributed by atoms with Crippen molar-refractivity contribution in [3.8, 4) is 24.3 Å². The number of aliphatic hydroxyl groups excluding tert-OH is 1. The molecule has 0 bridgehead atoms. The third kappa shape index (κ3) is 25.1. The van der Waals surface area contributed by atoms with Gasteiger partial charge in [-0.1, -0.05) is 40.2 Å². The fourth-order valence-electron chi connectivity index (χ4n) is 14.1. The van der Waals surface area contributed by atoms with Crippen molar-refractivity contribution >= 4 is 312 Å². The number of ether oxygens (including phenoxy) is 3. The number of hydrogen-bond acceptors (Lipinski definition) is 17. The molecule has 10 rings (SSSR count). The number of esters is 3. The number of aliphatic hydroxyl groups is 1. The number of carbonyl (C=O) groups excluding carboxylic acids is 8. The number of nitrogens with one attached hydrogen (secondary N) is 4. The summed E-state index contributed by atoms with van der Waals surface area (Å²) in [6.07, 6.45) is -16.4. The molecular weight excluding hydrogens is 1530 g/mol. The molecule has 6 aromatic rings. The number of nitrogens with two attached hydrogens (primary N) is 1. The number of imide groups is 2. The van der Waals surface area contributed by atoms with E-state index < -0.39 is 155 Å². The third-order valence-corrected chi connectivity index (χ3v) is 20.3. The maximum Gasteiger partial charge on any atom is 0.338 e. The molecule has 7 N–H and O–H groups in total. The van der Waals surface area contributed by atoms with Crippen molar-refractivity contribution in [2.75, 3.05) is 27.3 Å². The molecule has 22 nitrogen and oxygen atoms in total. The van der Waals surface area contributed by atoms with Gasteiger partial charge in [0.1, 0.15) is 18.2 Å². The third-order valence-electron chi connectivity index (χ3n) is 19.7. The van der Waals surface area contributed by atoms with Crippen LogP contribution >= 0.6 is 15.9 Å². The molecule has 2 atom stereocenters. The van der Waals surface area contributed by atoms with Crippen LogP contribution in [0.3, 0.4) is 0 Å². The molecule has 37 radical (unpaired) electrons. The van der Waals surface area contributed by atoms with Crippen LogP contribution in [-0.2, 0) is 60.0 Å². The Labute approximate surface area is 728 Å². The topological polar surface area (TPSA) is 357 Å². The fraction of sp³-hybridized carbons (Fsp3) is 0.172. The normalized spacial score (nSPS) is 14.5. The maximum absolute atomic E-state index is 13.3. The Morgan fingerprint density at radius 2 is 0.898 bits per heavy atom. The quantitative estimate of drug-likeness (QED) is 0.0102. The van der Waals surface area contributed by atoms with Gasteiger partial charge in [-0.15, -0.1) is 0 Å². The second kappa shape index (κ2) is 46.4. The van der Waals surface area contributed by atoms with Crippen molar-refractivity contribution in [1.29, 1.82) is 21.0 Å². The lowest BCUT2D eigenvalue weighted by Gasteiger charge is -2.52. The van der Waals surface area contributed by atoms with Crippen LogP contribution in [0, 0.1) is 57.0 Å². The monoisotopic (exact) mass is 1580 g/mol. The van der Waals surface area contributed by atoms with Crippen molar-refractivity contribution in [3.05, 3.63) is 211 Å². The van der Waals surface area contributed by atoms with E-state index in [4.69, 9.17) is 179 Å². The van der Waals surface area contributed by atoms with Gasteiger partial charge in [0.15, 0.2) is 11.1 Å². The minimum Gasteiger partial charge on any atom is -0.465 e. The summed E-state index contributed by atoms with van der Waals surface area (Å²) in [7, 11) is 114. The van der Waals surface area contributed by atoms with Crippen LogP contribution in [0.1, 0.15) is 100 Å². The molecule has 2 unspecified atom stereocenters. The molecule has 527 valence electrons. The number of rotatable bonds is 25. The van der Waals surface area contributed by atoms with Gasteiger partial charge >= 0.3 is 30.0 Å². The number of cyclic esters (lactones) is 1. The number of alkyl halides is 1. The Morgan fingerprint density at radius 1 is 0.542 bits per heavy atom. The number of fused-ring (bicyclic) bond motifs is 2. The molecule has 7 amide bonds. The van der Waals surface area contributed by atoms with Crippen LogP contribution in [0.4, 0.5) is 18.4 Å². The predicted octanol–water partition coefficient (Wildman–Crippen LogP) is -7.57.